The molecule has 162 valence electrons. The summed E-state index contributed by atoms with van der Waals surface area (Å²) in [7, 11) is 0. The Morgan fingerprint density at radius 1 is 0.333 bits per heavy atom. The van der Waals surface area contributed by atoms with Crippen molar-refractivity contribution in [1.82, 2.24) is 0 Å². The molecule has 0 aliphatic carbocycles. The smallest absolute Gasteiger partial charge is 0.143 e. The third-order valence-electron chi connectivity index (χ3n) is 5.48. The zero-order valence-electron chi connectivity index (χ0n) is 17.4. The molecule has 5 rings (SSSR count). The minimum absolute atomic E-state index is 0.147. The van der Waals surface area contributed by atoms with Crippen molar-refractivity contribution in [2.75, 3.05) is 0 Å². The van der Waals surface area contributed by atoms with Gasteiger partial charge in [-0.05, 0) is 83.9 Å². The van der Waals surface area contributed by atoms with Crippen molar-refractivity contribution in [2.24, 2.45) is 0 Å². The maximum absolute atomic E-state index is 9.84. The predicted molar refractivity (Wildman–Crippen MR) is 127 cm³/mol. The highest BCUT2D eigenvalue weighted by Gasteiger charge is 2.25. The molecule has 0 bridgehead atoms. The van der Waals surface area contributed by atoms with Gasteiger partial charge in [-0.3, -0.25) is 0 Å². The molecule has 0 unspecified atom stereocenters. The lowest BCUT2D eigenvalue weighted by Crippen LogP contribution is -1.86. The van der Waals surface area contributed by atoms with Crippen molar-refractivity contribution < 1.29 is 24.8 Å². The first-order chi connectivity index (χ1) is 16.0. The largest absolute Gasteiger partial charge is 0.508 e. The predicted octanol–water partition coefficient (Wildman–Crippen LogP) is 6.77. The second-order valence-electron chi connectivity index (χ2n) is 7.70. The van der Waals surface area contributed by atoms with Crippen LogP contribution >= 0.6 is 0 Å². The summed E-state index contributed by atoms with van der Waals surface area (Å²) in [5.41, 5.74) is 4.78. The zero-order valence-corrected chi connectivity index (χ0v) is 17.4. The highest BCUT2D eigenvalue weighted by atomic mass is 16.3. The van der Waals surface area contributed by atoms with Gasteiger partial charge in [0.25, 0.3) is 0 Å². The quantitative estimate of drug-likeness (QED) is 0.249. The van der Waals surface area contributed by atoms with Crippen LogP contribution in [0.15, 0.2) is 101 Å². The van der Waals surface area contributed by atoms with E-state index in [9.17, 15) is 20.4 Å². The standard InChI is InChI=1S/C28H20O5/c29-21-9-1-17(2-10-21)25-26(18-3-11-22(30)12-4-18)28(20-7-15-24(32)16-8-20)33-27(25)19-5-13-23(31)14-6-19/h1-16,29-32H. The Hall–Kier alpha value is -4.64. The van der Waals surface area contributed by atoms with Gasteiger partial charge in [-0.2, -0.15) is 0 Å². The fourth-order valence-corrected chi connectivity index (χ4v) is 3.87. The Bertz CT molecular complexity index is 1290. The van der Waals surface area contributed by atoms with Crippen LogP contribution in [0.4, 0.5) is 0 Å². The highest BCUT2D eigenvalue weighted by molar-refractivity contribution is 5.99. The van der Waals surface area contributed by atoms with Gasteiger partial charge >= 0.3 is 0 Å². The minimum Gasteiger partial charge on any atom is -0.508 e. The molecule has 1 aromatic heterocycles. The normalized spacial score (nSPS) is 10.9. The van der Waals surface area contributed by atoms with Gasteiger partial charge in [0.15, 0.2) is 0 Å². The molecule has 4 N–H and O–H groups in total. The van der Waals surface area contributed by atoms with E-state index < -0.39 is 0 Å². The van der Waals surface area contributed by atoms with Crippen LogP contribution in [-0.4, -0.2) is 20.4 Å². The Kier molecular flexibility index (Phi) is 4.99. The Morgan fingerprint density at radius 3 is 0.848 bits per heavy atom. The first-order valence-corrected chi connectivity index (χ1v) is 10.3. The molecule has 5 nitrogen and oxygen atoms in total. The Labute approximate surface area is 190 Å². The fourth-order valence-electron chi connectivity index (χ4n) is 3.87. The number of hydrogen-bond acceptors (Lipinski definition) is 5. The monoisotopic (exact) mass is 436 g/mol. The number of aromatic hydroxyl groups is 4. The molecule has 1 heterocycles. The Morgan fingerprint density at radius 2 is 0.576 bits per heavy atom. The molecule has 0 spiro atoms. The number of hydrogen-bond donors (Lipinski definition) is 4. The van der Waals surface area contributed by atoms with Gasteiger partial charge in [0.1, 0.15) is 34.5 Å². The molecule has 0 saturated carbocycles. The summed E-state index contributed by atoms with van der Waals surface area (Å²) in [6, 6.07) is 27.2. The number of benzene rings is 4. The topological polar surface area (TPSA) is 94.1 Å². The maximum atomic E-state index is 9.84. The first kappa shape index (κ1) is 20.3. The molecule has 5 heteroatoms. The van der Waals surface area contributed by atoms with Crippen molar-refractivity contribution in [3.05, 3.63) is 97.1 Å². The lowest BCUT2D eigenvalue weighted by molar-refractivity contribution is 0.474. The molecular weight excluding hydrogens is 416 g/mol. The second kappa shape index (κ2) is 8.13. The summed E-state index contributed by atoms with van der Waals surface area (Å²) in [5, 5.41) is 39.3. The molecule has 0 aliphatic heterocycles. The molecule has 0 atom stereocenters. The molecule has 33 heavy (non-hydrogen) atoms. The van der Waals surface area contributed by atoms with Crippen LogP contribution < -0.4 is 0 Å². The summed E-state index contributed by atoms with van der Waals surface area (Å²) in [5.74, 6) is 1.78. The van der Waals surface area contributed by atoms with E-state index >= 15 is 0 Å². The maximum Gasteiger partial charge on any atom is 0.143 e. The van der Waals surface area contributed by atoms with E-state index in [0.717, 1.165) is 33.4 Å². The lowest BCUT2D eigenvalue weighted by Gasteiger charge is -2.09. The van der Waals surface area contributed by atoms with Gasteiger partial charge in [0.2, 0.25) is 0 Å². The van der Waals surface area contributed by atoms with Crippen LogP contribution in [0.2, 0.25) is 0 Å². The molecule has 0 fully saturated rings. The third kappa shape index (κ3) is 3.88. The van der Waals surface area contributed by atoms with Crippen LogP contribution in [0, 0.1) is 0 Å². The van der Waals surface area contributed by atoms with Gasteiger partial charge in [-0.15, -0.1) is 0 Å². The van der Waals surface area contributed by atoms with E-state index in [0.29, 0.717) is 11.5 Å². The molecular formula is C28H20O5. The lowest BCUT2D eigenvalue weighted by atomic mass is 9.91. The second-order valence-corrected chi connectivity index (χ2v) is 7.70. The van der Waals surface area contributed by atoms with Crippen molar-refractivity contribution in [3.63, 3.8) is 0 Å². The minimum atomic E-state index is 0.147. The summed E-state index contributed by atoms with van der Waals surface area (Å²) < 4.78 is 6.48. The van der Waals surface area contributed by atoms with E-state index in [-0.39, 0.29) is 23.0 Å². The SMILES string of the molecule is Oc1ccc(-c2oc(-c3ccc(O)cc3)c(-c3ccc(O)cc3)c2-c2ccc(O)cc2)cc1. The molecule has 4 aromatic carbocycles. The summed E-state index contributed by atoms with van der Waals surface area (Å²) >= 11 is 0. The molecule has 0 amide bonds. The van der Waals surface area contributed by atoms with Gasteiger partial charge in [0.05, 0.1) is 0 Å². The van der Waals surface area contributed by atoms with Crippen molar-refractivity contribution in [2.45, 2.75) is 0 Å². The third-order valence-corrected chi connectivity index (χ3v) is 5.48. The van der Waals surface area contributed by atoms with E-state index in [4.69, 9.17) is 4.42 Å². The number of phenolic OH excluding ortho intramolecular Hbond substituents is 4. The van der Waals surface area contributed by atoms with Crippen LogP contribution in [0.5, 0.6) is 23.0 Å². The van der Waals surface area contributed by atoms with Gasteiger partial charge < -0.3 is 24.8 Å². The van der Waals surface area contributed by atoms with E-state index in [2.05, 4.69) is 0 Å². The summed E-state index contributed by atoms with van der Waals surface area (Å²) in [6.07, 6.45) is 0. The molecule has 0 radical (unpaired) electrons. The number of rotatable bonds is 4. The van der Waals surface area contributed by atoms with E-state index in [1.165, 1.54) is 0 Å². The van der Waals surface area contributed by atoms with Gasteiger partial charge in [-0.1, -0.05) is 24.3 Å². The van der Waals surface area contributed by atoms with E-state index in [1.54, 1.807) is 72.8 Å². The molecule has 0 saturated heterocycles. The number of phenols is 4. The van der Waals surface area contributed by atoms with Crippen LogP contribution in [0.25, 0.3) is 44.9 Å². The number of furan rings is 1. The Balaban J connectivity index is 1.86. The fraction of sp³-hybridized carbons (Fsp3) is 0. The van der Waals surface area contributed by atoms with Crippen LogP contribution in [0.3, 0.4) is 0 Å². The summed E-state index contributed by atoms with van der Waals surface area (Å²) in [6.45, 7) is 0. The average Bonchev–Trinajstić information content (AvgIpc) is 3.21. The van der Waals surface area contributed by atoms with Gasteiger partial charge in [0, 0.05) is 22.3 Å². The van der Waals surface area contributed by atoms with Crippen LogP contribution in [-0.2, 0) is 0 Å². The first-order valence-electron chi connectivity index (χ1n) is 10.3. The average molecular weight is 436 g/mol. The van der Waals surface area contributed by atoms with Gasteiger partial charge in [-0.25, -0.2) is 0 Å². The molecule has 0 aliphatic rings. The van der Waals surface area contributed by atoms with Crippen molar-refractivity contribution >= 4 is 0 Å². The van der Waals surface area contributed by atoms with Crippen molar-refractivity contribution in [1.29, 1.82) is 0 Å². The van der Waals surface area contributed by atoms with Crippen molar-refractivity contribution in [3.8, 4) is 67.9 Å². The van der Waals surface area contributed by atoms with E-state index in [1.807, 2.05) is 24.3 Å². The molecule has 5 aromatic rings. The zero-order chi connectivity index (χ0) is 22.9. The summed E-state index contributed by atoms with van der Waals surface area (Å²) in [4.78, 5) is 0. The highest BCUT2D eigenvalue weighted by Crippen LogP contribution is 2.49. The van der Waals surface area contributed by atoms with Crippen LogP contribution in [0.1, 0.15) is 0 Å².